The summed E-state index contributed by atoms with van der Waals surface area (Å²) in [6.45, 7) is 0.432. The van der Waals surface area contributed by atoms with Crippen LogP contribution in [0.1, 0.15) is 5.56 Å². The first kappa shape index (κ1) is 9.61. The van der Waals surface area contributed by atoms with Gasteiger partial charge < -0.3 is 15.6 Å². The summed E-state index contributed by atoms with van der Waals surface area (Å²) in [5.41, 5.74) is 4.57. The molecule has 1 aliphatic rings. The number of hydrogen-bond acceptors (Lipinski definition) is 3. The van der Waals surface area contributed by atoms with Crippen LogP contribution in [-0.4, -0.2) is 18.7 Å². The summed E-state index contributed by atoms with van der Waals surface area (Å²) in [5.74, 6) is 0. The third-order valence-corrected chi connectivity index (χ3v) is 2.27. The largest absolute Gasteiger partial charge is 0.765 e. The van der Waals surface area contributed by atoms with Crippen molar-refractivity contribution in [2.24, 2.45) is 0 Å². The summed E-state index contributed by atoms with van der Waals surface area (Å²) >= 11 is 0. The Hall–Kier alpha value is -0.940. The zero-order valence-corrected chi connectivity index (χ0v) is 7.90. The Morgan fingerprint density at radius 3 is 2.79 bits per heavy atom. The van der Waals surface area contributed by atoms with Crippen molar-refractivity contribution < 1.29 is 15.6 Å². The molecule has 2 atom stereocenters. The number of nitrogens with one attached hydrogen (secondary N) is 1. The molecule has 0 bridgehead atoms. The average Bonchev–Trinajstić information content (AvgIpc) is 2.47. The van der Waals surface area contributed by atoms with E-state index < -0.39 is 6.03 Å². The Balaban J connectivity index is 1.94. The lowest BCUT2D eigenvalue weighted by atomic mass is 10.1. The molecule has 0 amide bonds. The number of ether oxygens (including phenoxy) is 1. The van der Waals surface area contributed by atoms with Gasteiger partial charge in [-0.15, -0.1) is 0 Å². The van der Waals surface area contributed by atoms with Crippen LogP contribution in [0.25, 0.3) is 0 Å². The fourth-order valence-corrected chi connectivity index (χ4v) is 1.64. The van der Waals surface area contributed by atoms with Crippen molar-refractivity contribution in [1.29, 1.82) is 0 Å². The topological polar surface area (TPSA) is 72.0 Å². The van der Waals surface area contributed by atoms with E-state index in [1.54, 1.807) is 0 Å². The number of rotatable bonds is 2. The fourth-order valence-electron chi connectivity index (χ4n) is 1.64. The Morgan fingerprint density at radius 1 is 1.50 bits per heavy atom. The van der Waals surface area contributed by atoms with E-state index in [0.717, 1.165) is 6.42 Å². The molecule has 1 aromatic rings. The second-order valence-electron chi connectivity index (χ2n) is 3.59. The maximum absolute atomic E-state index is 11.3. The van der Waals surface area contributed by atoms with Gasteiger partial charge in [-0.3, -0.25) is 0 Å². The summed E-state index contributed by atoms with van der Waals surface area (Å²) in [6.07, 6.45) is 0.806. The van der Waals surface area contributed by atoms with Gasteiger partial charge in [-0.05, 0) is 12.0 Å². The lowest BCUT2D eigenvalue weighted by Crippen LogP contribution is -2.86. The minimum Gasteiger partial charge on any atom is -0.765 e. The molecule has 1 heterocycles. The average molecular weight is 194 g/mol. The lowest BCUT2D eigenvalue weighted by molar-refractivity contribution is -0.785. The predicted octanol–water partition coefficient (Wildman–Crippen LogP) is -1.57. The molecule has 2 rings (SSSR count). The molecule has 14 heavy (non-hydrogen) atoms. The van der Waals surface area contributed by atoms with Crippen LogP contribution in [0, 0.1) is 0 Å². The van der Waals surface area contributed by atoms with Crippen molar-refractivity contribution in [1.82, 2.24) is 5.32 Å². The van der Waals surface area contributed by atoms with Gasteiger partial charge >= 0.3 is 0 Å². The lowest BCUT2D eigenvalue weighted by Gasteiger charge is -2.24. The molecule has 4 nitrogen and oxygen atoms in total. The molecule has 1 fully saturated rings. The Morgan fingerprint density at radius 2 is 2.21 bits per heavy atom. The van der Waals surface area contributed by atoms with E-state index in [9.17, 15) is 5.11 Å². The van der Waals surface area contributed by atoms with Crippen LogP contribution in [0.3, 0.4) is 0 Å². The molecule has 2 unspecified atom stereocenters. The standard InChI is InChI=1S/C10H13N2O2/c11-10(13)12-9(7-14-10)6-8-4-2-1-3-5-8/h1-5,9,12H,6-7,11H2/q-1/p+1. The smallest absolute Gasteiger partial charge is 0.202 e. The third-order valence-electron chi connectivity index (χ3n) is 2.27. The van der Waals surface area contributed by atoms with Crippen molar-refractivity contribution in [2.75, 3.05) is 6.61 Å². The molecule has 76 valence electrons. The van der Waals surface area contributed by atoms with Crippen LogP contribution in [0.2, 0.25) is 0 Å². The number of benzene rings is 1. The van der Waals surface area contributed by atoms with E-state index in [2.05, 4.69) is 11.1 Å². The monoisotopic (exact) mass is 194 g/mol. The van der Waals surface area contributed by atoms with E-state index in [1.165, 1.54) is 5.56 Å². The zero-order chi connectivity index (χ0) is 10.0. The highest BCUT2D eigenvalue weighted by molar-refractivity contribution is 5.16. The first-order valence-corrected chi connectivity index (χ1v) is 4.67. The van der Waals surface area contributed by atoms with Crippen molar-refractivity contribution in [3.05, 3.63) is 35.9 Å². The van der Waals surface area contributed by atoms with Crippen LogP contribution in [0.15, 0.2) is 30.3 Å². The summed E-state index contributed by atoms with van der Waals surface area (Å²) in [4.78, 5) is 0. The normalized spacial score (nSPS) is 32.0. The van der Waals surface area contributed by atoms with Crippen LogP contribution >= 0.6 is 0 Å². The molecule has 4 N–H and O–H groups in total. The van der Waals surface area contributed by atoms with Crippen molar-refractivity contribution in [3.8, 4) is 0 Å². The molecular formula is C10H14N2O2. The predicted molar refractivity (Wildman–Crippen MR) is 48.6 cm³/mol. The second-order valence-corrected chi connectivity index (χ2v) is 3.59. The summed E-state index contributed by atoms with van der Waals surface area (Å²) in [5, 5.41) is 14.0. The molecular weight excluding hydrogens is 180 g/mol. The maximum atomic E-state index is 11.3. The molecule has 4 heteroatoms. The first-order chi connectivity index (χ1) is 6.66. The second kappa shape index (κ2) is 3.67. The Bertz CT molecular complexity index is 300. The van der Waals surface area contributed by atoms with Crippen molar-refractivity contribution in [3.63, 3.8) is 0 Å². The van der Waals surface area contributed by atoms with Gasteiger partial charge in [0.25, 0.3) is 0 Å². The molecule has 0 radical (unpaired) electrons. The maximum Gasteiger partial charge on any atom is 0.202 e. The van der Waals surface area contributed by atoms with E-state index in [1.807, 2.05) is 30.3 Å². The molecule has 1 aliphatic heterocycles. The summed E-state index contributed by atoms with van der Waals surface area (Å²) in [6, 6.07) is 8.44. The summed E-state index contributed by atoms with van der Waals surface area (Å²) < 4.78 is 4.95. The molecule has 0 spiro atoms. The zero-order valence-electron chi connectivity index (χ0n) is 7.90. The van der Waals surface area contributed by atoms with Gasteiger partial charge in [0.15, 0.2) is 0 Å². The van der Waals surface area contributed by atoms with Gasteiger partial charge in [-0.25, -0.2) is 5.32 Å². The minimum absolute atomic E-state index is 0.0763. The van der Waals surface area contributed by atoms with Gasteiger partial charge in [0.05, 0.1) is 6.61 Å². The van der Waals surface area contributed by atoms with Gasteiger partial charge in [-0.2, -0.15) is 0 Å². The summed E-state index contributed by atoms with van der Waals surface area (Å²) in [7, 11) is 0. The van der Waals surface area contributed by atoms with E-state index in [4.69, 9.17) is 4.74 Å². The molecule has 0 aromatic heterocycles. The number of hydrogen-bond donors (Lipinski definition) is 2. The minimum atomic E-state index is -1.65. The molecule has 0 aliphatic carbocycles. The fraction of sp³-hybridized carbons (Fsp3) is 0.400. The highest BCUT2D eigenvalue weighted by atomic mass is 16.7. The van der Waals surface area contributed by atoms with Crippen LogP contribution in [0.4, 0.5) is 0 Å². The van der Waals surface area contributed by atoms with Crippen molar-refractivity contribution in [2.45, 2.75) is 18.5 Å². The molecule has 1 saturated heterocycles. The van der Waals surface area contributed by atoms with Crippen LogP contribution in [0.5, 0.6) is 0 Å². The quantitative estimate of drug-likeness (QED) is 0.559. The van der Waals surface area contributed by atoms with Gasteiger partial charge in [-0.1, -0.05) is 30.3 Å². The van der Waals surface area contributed by atoms with E-state index >= 15 is 0 Å². The van der Waals surface area contributed by atoms with E-state index in [-0.39, 0.29) is 6.04 Å². The Kier molecular flexibility index (Phi) is 2.52. The van der Waals surface area contributed by atoms with Gasteiger partial charge in [0.2, 0.25) is 6.03 Å². The van der Waals surface area contributed by atoms with E-state index in [0.29, 0.717) is 6.61 Å². The van der Waals surface area contributed by atoms with Gasteiger partial charge in [0.1, 0.15) is 0 Å². The molecule has 1 aromatic carbocycles. The van der Waals surface area contributed by atoms with Crippen LogP contribution < -0.4 is 16.2 Å². The highest BCUT2D eigenvalue weighted by Gasteiger charge is 2.29. The Labute approximate surface area is 82.7 Å². The van der Waals surface area contributed by atoms with Gasteiger partial charge in [0, 0.05) is 6.04 Å². The highest BCUT2D eigenvalue weighted by Crippen LogP contribution is 2.09. The third kappa shape index (κ3) is 2.30. The SMILES string of the molecule is [NH3+]C1([O-])NC(Cc2ccccc2)CO1. The van der Waals surface area contributed by atoms with Crippen molar-refractivity contribution >= 4 is 0 Å². The molecule has 0 saturated carbocycles. The first-order valence-electron chi connectivity index (χ1n) is 4.67. The number of quaternary nitrogens is 1. The van der Waals surface area contributed by atoms with Crippen LogP contribution in [-0.2, 0) is 11.2 Å².